The van der Waals surface area contributed by atoms with Crippen LogP contribution in [0.4, 0.5) is 0 Å². The number of methoxy groups -OCH3 is 3. The van der Waals surface area contributed by atoms with Gasteiger partial charge in [-0.05, 0) is 29.8 Å². The Morgan fingerprint density at radius 1 is 0.759 bits per heavy atom. The SMILES string of the molecule is COc1ccc(C2OC[C@@H]3C(c4ccc5c(c4)OCO5)OC[C@H]23)c(OC)c1OC. The van der Waals surface area contributed by atoms with Gasteiger partial charge in [-0.1, -0.05) is 6.07 Å². The molecule has 0 radical (unpaired) electrons. The number of ether oxygens (including phenoxy) is 7. The van der Waals surface area contributed by atoms with Gasteiger partial charge in [0.15, 0.2) is 23.0 Å². The lowest BCUT2D eigenvalue weighted by molar-refractivity contribution is 0.0184. The molecule has 2 saturated heterocycles. The Balaban J connectivity index is 1.43. The summed E-state index contributed by atoms with van der Waals surface area (Å²) in [5.74, 6) is 3.86. The molecular weight excluding hydrogens is 376 g/mol. The molecule has 0 aliphatic carbocycles. The zero-order valence-electron chi connectivity index (χ0n) is 16.7. The standard InChI is InChI=1S/C22H24O7/c1-23-17-7-5-13(21(24-2)22(17)25-3)20-15-10-26-19(14(15)9-27-20)12-4-6-16-18(8-12)29-11-28-16/h4-8,14-15,19-20H,9-11H2,1-3H3/t14-,15-,19?,20?/m0/s1. The van der Waals surface area contributed by atoms with Gasteiger partial charge in [0.05, 0.1) is 46.8 Å². The van der Waals surface area contributed by atoms with Crippen molar-refractivity contribution in [2.75, 3.05) is 41.3 Å². The molecule has 3 heterocycles. The Labute approximate surface area is 169 Å². The van der Waals surface area contributed by atoms with E-state index in [4.69, 9.17) is 33.2 Å². The van der Waals surface area contributed by atoms with Crippen LogP contribution in [0.3, 0.4) is 0 Å². The van der Waals surface area contributed by atoms with Gasteiger partial charge in [0.1, 0.15) is 0 Å². The zero-order valence-corrected chi connectivity index (χ0v) is 16.7. The van der Waals surface area contributed by atoms with Crippen LogP contribution in [0.15, 0.2) is 30.3 Å². The topological polar surface area (TPSA) is 64.6 Å². The molecule has 0 N–H and O–H groups in total. The van der Waals surface area contributed by atoms with Gasteiger partial charge in [-0.3, -0.25) is 0 Å². The third kappa shape index (κ3) is 2.88. The van der Waals surface area contributed by atoms with E-state index in [-0.39, 0.29) is 30.8 Å². The lowest BCUT2D eigenvalue weighted by atomic mass is 9.84. The lowest BCUT2D eigenvalue weighted by Crippen LogP contribution is -2.15. The average Bonchev–Trinajstić information content (AvgIpc) is 3.47. The van der Waals surface area contributed by atoms with Crippen LogP contribution in [-0.2, 0) is 9.47 Å². The van der Waals surface area contributed by atoms with E-state index in [1.807, 2.05) is 30.3 Å². The van der Waals surface area contributed by atoms with Gasteiger partial charge in [0.25, 0.3) is 0 Å². The molecule has 0 aromatic heterocycles. The predicted octanol–water partition coefficient (Wildman–Crippen LogP) is 3.52. The van der Waals surface area contributed by atoms with Gasteiger partial charge >= 0.3 is 0 Å². The highest BCUT2D eigenvalue weighted by Crippen LogP contribution is 2.54. The third-order valence-electron chi connectivity index (χ3n) is 6.03. The fourth-order valence-electron chi connectivity index (χ4n) is 4.65. The summed E-state index contributed by atoms with van der Waals surface area (Å²) in [4.78, 5) is 0. The molecule has 5 rings (SSSR count). The van der Waals surface area contributed by atoms with E-state index in [1.165, 1.54) is 0 Å². The van der Waals surface area contributed by atoms with E-state index in [0.29, 0.717) is 30.5 Å². The highest BCUT2D eigenvalue weighted by atomic mass is 16.7. The highest BCUT2D eigenvalue weighted by Gasteiger charge is 2.49. The van der Waals surface area contributed by atoms with Crippen LogP contribution in [-0.4, -0.2) is 41.3 Å². The Hall–Kier alpha value is -2.64. The second-order valence-electron chi connectivity index (χ2n) is 7.37. The molecule has 154 valence electrons. The summed E-state index contributed by atoms with van der Waals surface area (Å²) < 4.78 is 40.0. The summed E-state index contributed by atoms with van der Waals surface area (Å²) in [7, 11) is 4.85. The van der Waals surface area contributed by atoms with Gasteiger partial charge in [-0.15, -0.1) is 0 Å². The number of benzene rings is 2. The van der Waals surface area contributed by atoms with Crippen molar-refractivity contribution in [2.24, 2.45) is 11.8 Å². The summed E-state index contributed by atoms with van der Waals surface area (Å²) in [6.45, 7) is 1.50. The van der Waals surface area contributed by atoms with E-state index in [1.54, 1.807) is 21.3 Å². The molecule has 29 heavy (non-hydrogen) atoms. The summed E-state index contributed by atoms with van der Waals surface area (Å²) in [5, 5.41) is 0. The number of fused-ring (bicyclic) bond motifs is 2. The molecule has 4 atom stereocenters. The van der Waals surface area contributed by atoms with Gasteiger partial charge in [-0.25, -0.2) is 0 Å². The van der Waals surface area contributed by atoms with Crippen molar-refractivity contribution >= 4 is 0 Å². The summed E-state index contributed by atoms with van der Waals surface area (Å²) in [5.41, 5.74) is 2.04. The normalized spacial score (nSPS) is 27.0. The fourth-order valence-corrected chi connectivity index (χ4v) is 4.65. The summed E-state index contributed by atoms with van der Waals surface area (Å²) >= 11 is 0. The fraction of sp³-hybridized carbons (Fsp3) is 0.455. The van der Waals surface area contributed by atoms with Crippen molar-refractivity contribution in [3.63, 3.8) is 0 Å². The molecule has 3 aliphatic rings. The van der Waals surface area contributed by atoms with Crippen LogP contribution in [0.1, 0.15) is 23.3 Å². The third-order valence-corrected chi connectivity index (χ3v) is 6.03. The number of hydrogen-bond acceptors (Lipinski definition) is 7. The van der Waals surface area contributed by atoms with E-state index >= 15 is 0 Å². The lowest BCUT2D eigenvalue weighted by Gasteiger charge is -2.22. The summed E-state index contributed by atoms with van der Waals surface area (Å²) in [6.07, 6.45) is -0.167. The second kappa shape index (κ2) is 7.31. The van der Waals surface area contributed by atoms with E-state index in [0.717, 1.165) is 22.6 Å². The maximum Gasteiger partial charge on any atom is 0.231 e. The van der Waals surface area contributed by atoms with Crippen molar-refractivity contribution in [1.29, 1.82) is 0 Å². The first-order valence-corrected chi connectivity index (χ1v) is 9.66. The Bertz CT molecular complexity index is 912. The Kier molecular flexibility index (Phi) is 4.64. The molecule has 0 saturated carbocycles. The molecule has 3 aliphatic heterocycles. The first kappa shape index (κ1) is 18.4. The Morgan fingerprint density at radius 3 is 2.24 bits per heavy atom. The molecule has 7 nitrogen and oxygen atoms in total. The number of hydrogen-bond donors (Lipinski definition) is 0. The van der Waals surface area contributed by atoms with Crippen molar-refractivity contribution in [3.8, 4) is 28.7 Å². The van der Waals surface area contributed by atoms with Gasteiger partial charge in [-0.2, -0.15) is 0 Å². The molecule has 0 spiro atoms. The molecule has 0 amide bonds. The van der Waals surface area contributed by atoms with Crippen LogP contribution >= 0.6 is 0 Å². The average molecular weight is 400 g/mol. The minimum Gasteiger partial charge on any atom is -0.493 e. The number of rotatable bonds is 5. The quantitative estimate of drug-likeness (QED) is 0.761. The summed E-state index contributed by atoms with van der Waals surface area (Å²) in [6, 6.07) is 9.88. The largest absolute Gasteiger partial charge is 0.493 e. The van der Waals surface area contributed by atoms with Gasteiger partial charge in [0, 0.05) is 17.4 Å². The molecule has 2 aromatic rings. The molecule has 0 bridgehead atoms. The van der Waals surface area contributed by atoms with Crippen LogP contribution in [0, 0.1) is 11.8 Å². The molecule has 2 fully saturated rings. The first-order valence-electron chi connectivity index (χ1n) is 9.66. The molecular formula is C22H24O7. The maximum absolute atomic E-state index is 6.25. The van der Waals surface area contributed by atoms with Crippen molar-refractivity contribution < 1.29 is 33.2 Å². The van der Waals surface area contributed by atoms with Crippen molar-refractivity contribution in [1.82, 2.24) is 0 Å². The second-order valence-corrected chi connectivity index (χ2v) is 7.37. The zero-order chi connectivity index (χ0) is 20.0. The minimum absolute atomic E-state index is 0.0364. The maximum atomic E-state index is 6.25. The van der Waals surface area contributed by atoms with E-state index < -0.39 is 0 Å². The van der Waals surface area contributed by atoms with E-state index in [2.05, 4.69) is 0 Å². The predicted molar refractivity (Wildman–Crippen MR) is 103 cm³/mol. The van der Waals surface area contributed by atoms with Crippen LogP contribution in [0.25, 0.3) is 0 Å². The smallest absolute Gasteiger partial charge is 0.231 e. The van der Waals surface area contributed by atoms with Crippen molar-refractivity contribution in [3.05, 3.63) is 41.5 Å². The van der Waals surface area contributed by atoms with Crippen LogP contribution in [0.5, 0.6) is 28.7 Å². The van der Waals surface area contributed by atoms with Crippen molar-refractivity contribution in [2.45, 2.75) is 12.2 Å². The highest BCUT2D eigenvalue weighted by molar-refractivity contribution is 5.57. The Morgan fingerprint density at radius 2 is 1.48 bits per heavy atom. The van der Waals surface area contributed by atoms with Gasteiger partial charge < -0.3 is 33.2 Å². The van der Waals surface area contributed by atoms with Gasteiger partial charge in [0.2, 0.25) is 12.5 Å². The van der Waals surface area contributed by atoms with Crippen LogP contribution < -0.4 is 23.7 Å². The monoisotopic (exact) mass is 400 g/mol. The minimum atomic E-state index is -0.131. The molecule has 7 heteroatoms. The van der Waals surface area contributed by atoms with E-state index in [9.17, 15) is 0 Å². The van der Waals surface area contributed by atoms with Crippen LogP contribution in [0.2, 0.25) is 0 Å². The molecule has 2 unspecified atom stereocenters. The molecule has 2 aromatic carbocycles. The first-order chi connectivity index (χ1) is 14.2.